The molecule has 0 aliphatic rings. The van der Waals surface area contributed by atoms with Crippen LogP contribution in [0.2, 0.25) is 45.3 Å². The summed E-state index contributed by atoms with van der Waals surface area (Å²) in [5, 5.41) is 0. The molecule has 0 saturated heterocycles. The van der Waals surface area contributed by atoms with E-state index in [2.05, 4.69) is 60.1 Å². The van der Waals surface area contributed by atoms with Crippen LogP contribution in [-0.2, 0) is 4.43 Å². The van der Waals surface area contributed by atoms with Gasteiger partial charge in [-0.2, -0.15) is 0 Å². The standard InChI is InChI=1S/C14H34OSi2/c1-14(2,3)13(15-17(7,8)9)11-10-12-16(4,5)6/h13H,10-12H2,1-9H3. The molecule has 0 rings (SSSR count). The van der Waals surface area contributed by atoms with E-state index in [1.807, 2.05) is 0 Å². The quantitative estimate of drug-likeness (QED) is 0.592. The number of rotatable bonds is 6. The predicted molar refractivity (Wildman–Crippen MR) is 85.1 cm³/mol. The van der Waals surface area contributed by atoms with Gasteiger partial charge in [0.05, 0.1) is 0 Å². The zero-order valence-corrected chi connectivity index (χ0v) is 15.6. The zero-order chi connectivity index (χ0) is 13.9. The van der Waals surface area contributed by atoms with Crippen LogP contribution in [0, 0.1) is 5.41 Å². The van der Waals surface area contributed by atoms with Crippen molar-refractivity contribution in [2.75, 3.05) is 0 Å². The third kappa shape index (κ3) is 10.0. The molecule has 0 aliphatic heterocycles. The second kappa shape index (κ2) is 6.02. The second-order valence-corrected chi connectivity index (χ2v) is 18.6. The van der Waals surface area contributed by atoms with E-state index >= 15 is 0 Å². The van der Waals surface area contributed by atoms with E-state index in [1.54, 1.807) is 0 Å². The molecule has 0 aliphatic carbocycles. The molecule has 1 atom stereocenters. The second-order valence-electron chi connectivity index (χ2n) is 8.54. The van der Waals surface area contributed by atoms with Crippen molar-refractivity contribution >= 4 is 16.4 Å². The first-order valence-corrected chi connectivity index (χ1v) is 14.1. The van der Waals surface area contributed by atoms with Gasteiger partial charge in [0, 0.05) is 14.2 Å². The maximum absolute atomic E-state index is 6.37. The van der Waals surface area contributed by atoms with Crippen LogP contribution in [0.1, 0.15) is 33.6 Å². The van der Waals surface area contributed by atoms with Crippen LogP contribution in [0.15, 0.2) is 0 Å². The van der Waals surface area contributed by atoms with Gasteiger partial charge in [0.2, 0.25) is 0 Å². The van der Waals surface area contributed by atoms with Crippen LogP contribution >= 0.6 is 0 Å². The lowest BCUT2D eigenvalue weighted by Crippen LogP contribution is -2.39. The van der Waals surface area contributed by atoms with Crippen molar-refractivity contribution in [3.05, 3.63) is 0 Å². The average molecular weight is 275 g/mol. The van der Waals surface area contributed by atoms with Crippen molar-refractivity contribution in [3.63, 3.8) is 0 Å². The first-order valence-electron chi connectivity index (χ1n) is 6.99. The third-order valence-corrected chi connectivity index (χ3v) is 5.70. The first-order chi connectivity index (χ1) is 7.31. The molecule has 0 bridgehead atoms. The number of hydrogen-bond acceptors (Lipinski definition) is 1. The highest BCUT2D eigenvalue weighted by Gasteiger charge is 2.30. The van der Waals surface area contributed by atoms with Gasteiger partial charge in [-0.1, -0.05) is 52.9 Å². The summed E-state index contributed by atoms with van der Waals surface area (Å²) in [4.78, 5) is 0. The van der Waals surface area contributed by atoms with Crippen molar-refractivity contribution in [3.8, 4) is 0 Å². The molecule has 1 unspecified atom stereocenters. The van der Waals surface area contributed by atoms with Gasteiger partial charge in [-0.3, -0.25) is 0 Å². The van der Waals surface area contributed by atoms with Gasteiger partial charge >= 0.3 is 0 Å². The van der Waals surface area contributed by atoms with Crippen molar-refractivity contribution in [2.24, 2.45) is 5.41 Å². The number of hydrogen-bond donors (Lipinski definition) is 0. The Morgan fingerprint density at radius 3 is 1.71 bits per heavy atom. The smallest absolute Gasteiger partial charge is 0.184 e. The van der Waals surface area contributed by atoms with E-state index < -0.39 is 16.4 Å². The molecule has 104 valence electrons. The molecule has 0 N–H and O–H groups in total. The van der Waals surface area contributed by atoms with Crippen LogP contribution in [0.3, 0.4) is 0 Å². The summed E-state index contributed by atoms with van der Waals surface area (Å²) >= 11 is 0. The van der Waals surface area contributed by atoms with Gasteiger partial charge in [-0.25, -0.2) is 0 Å². The highest BCUT2D eigenvalue weighted by atomic mass is 28.4. The lowest BCUT2D eigenvalue weighted by atomic mass is 9.87. The Balaban J connectivity index is 4.33. The van der Waals surface area contributed by atoms with Gasteiger partial charge in [0.1, 0.15) is 0 Å². The molecular weight excluding hydrogens is 240 g/mol. The molecule has 0 aromatic heterocycles. The maximum Gasteiger partial charge on any atom is 0.184 e. The van der Waals surface area contributed by atoms with Crippen molar-refractivity contribution in [2.45, 2.75) is 85.0 Å². The Bertz CT molecular complexity index is 218. The minimum atomic E-state index is -1.41. The average Bonchev–Trinajstić information content (AvgIpc) is 1.95. The SMILES string of the molecule is CC(C)(C)C(CCC[Si](C)(C)C)O[Si](C)(C)C. The van der Waals surface area contributed by atoms with Crippen LogP contribution in [0.4, 0.5) is 0 Å². The molecule has 0 aromatic rings. The van der Waals surface area contributed by atoms with E-state index in [1.165, 1.54) is 18.9 Å². The highest BCUT2D eigenvalue weighted by molar-refractivity contribution is 6.76. The largest absolute Gasteiger partial charge is 0.414 e. The Kier molecular flexibility index (Phi) is 6.16. The normalized spacial score (nSPS) is 16.1. The van der Waals surface area contributed by atoms with Crippen molar-refractivity contribution in [1.29, 1.82) is 0 Å². The van der Waals surface area contributed by atoms with E-state index in [-0.39, 0.29) is 5.41 Å². The highest BCUT2D eigenvalue weighted by Crippen LogP contribution is 2.30. The fourth-order valence-corrected chi connectivity index (χ4v) is 4.50. The molecule has 0 aromatic carbocycles. The van der Waals surface area contributed by atoms with Gasteiger partial charge in [0.15, 0.2) is 8.32 Å². The van der Waals surface area contributed by atoms with Crippen LogP contribution in [-0.4, -0.2) is 22.5 Å². The van der Waals surface area contributed by atoms with Gasteiger partial charge in [-0.05, 0) is 31.5 Å². The van der Waals surface area contributed by atoms with Crippen LogP contribution in [0.5, 0.6) is 0 Å². The monoisotopic (exact) mass is 274 g/mol. The molecule has 0 radical (unpaired) electrons. The van der Waals surface area contributed by atoms with Crippen LogP contribution in [0.25, 0.3) is 0 Å². The maximum atomic E-state index is 6.37. The topological polar surface area (TPSA) is 9.23 Å². The predicted octanol–water partition coefficient (Wildman–Crippen LogP) is 5.37. The van der Waals surface area contributed by atoms with Crippen molar-refractivity contribution < 1.29 is 4.43 Å². The molecule has 0 amide bonds. The summed E-state index contributed by atoms with van der Waals surface area (Å²) in [5.74, 6) is 0. The van der Waals surface area contributed by atoms with Gasteiger partial charge in [-0.15, -0.1) is 0 Å². The molecule has 0 fully saturated rings. The van der Waals surface area contributed by atoms with Gasteiger partial charge in [0.25, 0.3) is 0 Å². The van der Waals surface area contributed by atoms with E-state index in [0.717, 1.165) is 0 Å². The minimum absolute atomic E-state index is 0.277. The fraction of sp³-hybridized carbons (Fsp3) is 1.00. The first kappa shape index (κ1) is 17.4. The summed E-state index contributed by atoms with van der Waals surface area (Å²) < 4.78 is 6.37. The molecule has 0 saturated carbocycles. The van der Waals surface area contributed by atoms with E-state index in [9.17, 15) is 0 Å². The molecule has 0 spiro atoms. The summed E-state index contributed by atoms with van der Waals surface area (Å²) in [6.45, 7) is 21.2. The van der Waals surface area contributed by atoms with Gasteiger partial charge < -0.3 is 4.43 Å². The summed E-state index contributed by atoms with van der Waals surface area (Å²) in [6, 6.07) is 1.43. The fourth-order valence-electron chi connectivity index (χ4n) is 1.91. The lowest BCUT2D eigenvalue weighted by Gasteiger charge is -2.36. The molecule has 3 heteroatoms. The third-order valence-electron chi connectivity index (χ3n) is 2.85. The van der Waals surface area contributed by atoms with E-state index in [4.69, 9.17) is 4.43 Å². The zero-order valence-electron chi connectivity index (χ0n) is 13.6. The summed E-state index contributed by atoms with van der Waals surface area (Å²) in [5.41, 5.74) is 0.277. The Hall–Kier alpha value is 0.394. The molecule has 17 heavy (non-hydrogen) atoms. The minimum Gasteiger partial charge on any atom is -0.414 e. The van der Waals surface area contributed by atoms with E-state index in [0.29, 0.717) is 6.10 Å². The molecular formula is C14H34OSi2. The lowest BCUT2D eigenvalue weighted by molar-refractivity contribution is 0.0714. The van der Waals surface area contributed by atoms with Crippen molar-refractivity contribution in [1.82, 2.24) is 0 Å². The van der Waals surface area contributed by atoms with Crippen LogP contribution < -0.4 is 0 Å². The Morgan fingerprint density at radius 2 is 1.41 bits per heavy atom. The molecule has 1 nitrogen and oxygen atoms in total. The Morgan fingerprint density at radius 1 is 0.941 bits per heavy atom. The Labute approximate surface area is 111 Å². The molecule has 0 heterocycles. The summed E-state index contributed by atoms with van der Waals surface area (Å²) in [7, 11) is -2.30. The summed E-state index contributed by atoms with van der Waals surface area (Å²) in [6.07, 6.45) is 3.01.